The van der Waals surface area contributed by atoms with Crippen molar-refractivity contribution in [3.63, 3.8) is 0 Å². The molecule has 3 aliphatic rings. The minimum atomic E-state index is -5.08. The Bertz CT molecular complexity index is 765. The smallest absolute Gasteiger partial charge is 0.475 e. The summed E-state index contributed by atoms with van der Waals surface area (Å²) in [5.74, 6) is -4.67. The van der Waals surface area contributed by atoms with Crippen molar-refractivity contribution >= 4 is 28.4 Å². The van der Waals surface area contributed by atoms with E-state index in [2.05, 4.69) is 20.0 Å². The number of carboxylic acids is 2. The molecule has 0 saturated carbocycles. The largest absolute Gasteiger partial charge is 0.490 e. The van der Waals surface area contributed by atoms with E-state index in [9.17, 15) is 26.3 Å². The summed E-state index contributed by atoms with van der Waals surface area (Å²) in [5, 5.41) is 23.6. The second-order valence-electron chi connectivity index (χ2n) is 7.78. The number of carbonyl (C=O) groups is 2. The zero-order valence-corrected chi connectivity index (χ0v) is 18.6. The summed E-state index contributed by atoms with van der Waals surface area (Å²) in [6.45, 7) is 5.60. The monoisotopic (exact) mass is 522 g/mol. The van der Waals surface area contributed by atoms with Crippen LogP contribution < -0.4 is 4.90 Å². The van der Waals surface area contributed by atoms with Gasteiger partial charge < -0.3 is 19.8 Å². The van der Waals surface area contributed by atoms with Gasteiger partial charge in [-0.15, -0.1) is 10.2 Å². The highest BCUT2D eigenvalue weighted by molar-refractivity contribution is 7.13. The van der Waals surface area contributed by atoms with Gasteiger partial charge in [0.25, 0.3) is 0 Å². The third-order valence-corrected chi connectivity index (χ3v) is 6.33. The molecule has 4 heterocycles. The number of anilines is 1. The van der Waals surface area contributed by atoms with Crippen molar-refractivity contribution in [1.82, 2.24) is 15.1 Å². The molecule has 34 heavy (non-hydrogen) atoms. The number of ether oxygens (including phenoxy) is 1. The summed E-state index contributed by atoms with van der Waals surface area (Å²) in [6, 6.07) is 1.41. The lowest BCUT2D eigenvalue weighted by Gasteiger charge is -2.30. The number of likely N-dealkylation sites (tertiary alicyclic amines) is 1. The van der Waals surface area contributed by atoms with Crippen molar-refractivity contribution in [2.45, 2.75) is 50.1 Å². The fourth-order valence-corrected chi connectivity index (χ4v) is 4.74. The molecule has 9 nitrogen and oxygen atoms in total. The summed E-state index contributed by atoms with van der Waals surface area (Å²) < 4.78 is 68.9. The Morgan fingerprint density at radius 3 is 1.97 bits per heavy atom. The van der Waals surface area contributed by atoms with Gasteiger partial charge in [0.2, 0.25) is 5.13 Å². The van der Waals surface area contributed by atoms with Crippen LogP contribution in [0.3, 0.4) is 0 Å². The Balaban J connectivity index is 0.000000244. The van der Waals surface area contributed by atoms with Crippen LogP contribution in [-0.4, -0.2) is 94.5 Å². The maximum Gasteiger partial charge on any atom is 0.490 e. The first-order valence-electron chi connectivity index (χ1n) is 10.3. The van der Waals surface area contributed by atoms with E-state index in [0.717, 1.165) is 36.8 Å². The van der Waals surface area contributed by atoms with Crippen molar-refractivity contribution < 1.29 is 50.9 Å². The number of nitrogens with zero attached hydrogens (tertiary/aromatic N) is 4. The number of hydrogen-bond acceptors (Lipinski definition) is 8. The maximum atomic E-state index is 10.6. The maximum absolute atomic E-state index is 10.6. The molecule has 0 aromatic carbocycles. The predicted octanol–water partition coefficient (Wildman–Crippen LogP) is 2.88. The van der Waals surface area contributed by atoms with Crippen LogP contribution >= 0.6 is 11.3 Å². The van der Waals surface area contributed by atoms with Crippen LogP contribution in [-0.2, 0) is 14.3 Å². The third kappa shape index (κ3) is 8.23. The van der Waals surface area contributed by atoms with Gasteiger partial charge in [-0.1, -0.05) is 11.3 Å². The van der Waals surface area contributed by atoms with Gasteiger partial charge in [-0.2, -0.15) is 26.3 Å². The third-order valence-electron chi connectivity index (χ3n) is 5.60. The van der Waals surface area contributed by atoms with Crippen LogP contribution in [0.1, 0.15) is 25.7 Å². The summed E-state index contributed by atoms with van der Waals surface area (Å²) in [7, 11) is 0. The quantitative estimate of drug-likeness (QED) is 0.578. The van der Waals surface area contributed by atoms with Crippen LogP contribution in [0.25, 0.3) is 0 Å². The van der Waals surface area contributed by atoms with E-state index >= 15 is 0 Å². The molecule has 1 aromatic heterocycles. The number of alkyl halides is 6. The SMILES string of the molecule is O=C(O)C(F)(F)F.O=C(O)C(F)(F)F.c1nnc(N2CC[C@@H]3[C@@H]2CCN3CC2CCOCC2)s1. The second-order valence-corrected chi connectivity index (χ2v) is 8.59. The highest BCUT2D eigenvalue weighted by atomic mass is 32.1. The molecule has 3 saturated heterocycles. The molecule has 3 aliphatic heterocycles. The van der Waals surface area contributed by atoms with Gasteiger partial charge in [0.1, 0.15) is 5.51 Å². The molecule has 1 aromatic rings. The lowest BCUT2D eigenvalue weighted by atomic mass is 9.99. The van der Waals surface area contributed by atoms with E-state index in [1.807, 2.05) is 5.51 Å². The summed E-state index contributed by atoms with van der Waals surface area (Å²) in [5.41, 5.74) is 1.84. The average Bonchev–Trinajstić information content (AvgIpc) is 3.47. The van der Waals surface area contributed by atoms with Gasteiger partial charge >= 0.3 is 24.3 Å². The first kappa shape index (κ1) is 28.0. The zero-order chi connectivity index (χ0) is 25.5. The van der Waals surface area contributed by atoms with Gasteiger partial charge in [-0.05, 0) is 31.6 Å². The van der Waals surface area contributed by atoms with Gasteiger partial charge in [0.05, 0.1) is 0 Å². The molecule has 0 amide bonds. The molecule has 2 N–H and O–H groups in total. The summed E-state index contributed by atoms with van der Waals surface area (Å²) >= 11 is 1.67. The molecule has 2 atom stereocenters. The normalized spacial score (nSPS) is 23.4. The number of hydrogen-bond donors (Lipinski definition) is 2. The summed E-state index contributed by atoms with van der Waals surface area (Å²) in [4.78, 5) is 23.0. The molecule has 0 aliphatic carbocycles. The Morgan fingerprint density at radius 2 is 1.50 bits per heavy atom. The molecular formula is C18H24F6N4O5S. The number of fused-ring (bicyclic) bond motifs is 1. The molecule has 0 bridgehead atoms. The van der Waals surface area contributed by atoms with Crippen molar-refractivity contribution in [2.75, 3.05) is 37.7 Å². The second kappa shape index (κ2) is 12.0. The minimum Gasteiger partial charge on any atom is -0.475 e. The predicted molar refractivity (Wildman–Crippen MR) is 107 cm³/mol. The lowest BCUT2D eigenvalue weighted by Crippen LogP contribution is -2.39. The topological polar surface area (TPSA) is 116 Å². The van der Waals surface area contributed by atoms with E-state index < -0.39 is 24.3 Å². The Kier molecular flexibility index (Phi) is 9.87. The molecule has 0 unspecified atom stereocenters. The van der Waals surface area contributed by atoms with Gasteiger partial charge in [0.15, 0.2) is 0 Å². The number of rotatable bonds is 3. The molecule has 0 spiro atoms. The number of aromatic nitrogens is 2. The zero-order valence-electron chi connectivity index (χ0n) is 17.8. The fourth-order valence-electron chi connectivity index (χ4n) is 4.09. The van der Waals surface area contributed by atoms with Gasteiger partial charge in [-0.25, -0.2) is 9.59 Å². The Labute approximate surface area is 194 Å². The van der Waals surface area contributed by atoms with E-state index in [1.165, 1.54) is 38.8 Å². The van der Waals surface area contributed by atoms with Crippen LogP contribution in [0, 0.1) is 5.92 Å². The number of halogens is 6. The molecule has 3 fully saturated rings. The van der Waals surface area contributed by atoms with E-state index in [-0.39, 0.29) is 0 Å². The van der Waals surface area contributed by atoms with Crippen LogP contribution in [0.5, 0.6) is 0 Å². The van der Waals surface area contributed by atoms with Crippen LogP contribution in [0.4, 0.5) is 31.5 Å². The minimum absolute atomic E-state index is 0.669. The Hall–Kier alpha value is -2.20. The standard InChI is InChI=1S/C14H22N4OS.2C2HF3O2/c1-5-17(9-11-3-7-19-8-4-11)12-2-6-18(13(1)12)14-16-15-10-20-14;2*3-2(4,5)1(6)7/h10-13H,1-9H2;2*(H,6,7)/t12-,13+;;/m1../s1. The Morgan fingerprint density at radius 1 is 0.971 bits per heavy atom. The van der Waals surface area contributed by atoms with Crippen molar-refractivity contribution in [3.8, 4) is 0 Å². The van der Waals surface area contributed by atoms with E-state index in [1.54, 1.807) is 11.3 Å². The molecule has 194 valence electrons. The fraction of sp³-hybridized carbons (Fsp3) is 0.778. The van der Waals surface area contributed by atoms with Gasteiger partial charge in [0, 0.05) is 44.9 Å². The molecule has 16 heteroatoms. The molecular weight excluding hydrogens is 498 g/mol. The highest BCUT2D eigenvalue weighted by Crippen LogP contribution is 2.36. The first-order valence-corrected chi connectivity index (χ1v) is 11.1. The number of carboxylic acid groups (broad SMARTS) is 2. The summed E-state index contributed by atoms with van der Waals surface area (Å²) in [6.07, 6.45) is -5.11. The van der Waals surface area contributed by atoms with E-state index in [0.29, 0.717) is 6.04 Å². The lowest BCUT2D eigenvalue weighted by molar-refractivity contribution is -0.193. The van der Waals surface area contributed by atoms with Crippen molar-refractivity contribution in [2.24, 2.45) is 5.92 Å². The van der Waals surface area contributed by atoms with Gasteiger partial charge in [-0.3, -0.25) is 4.90 Å². The first-order chi connectivity index (χ1) is 15.8. The molecule has 0 radical (unpaired) electrons. The van der Waals surface area contributed by atoms with Crippen LogP contribution in [0.15, 0.2) is 5.51 Å². The number of aliphatic carboxylic acids is 2. The average molecular weight is 522 g/mol. The van der Waals surface area contributed by atoms with Crippen molar-refractivity contribution in [1.29, 1.82) is 0 Å². The van der Waals surface area contributed by atoms with E-state index in [4.69, 9.17) is 24.5 Å². The van der Waals surface area contributed by atoms with Crippen molar-refractivity contribution in [3.05, 3.63) is 5.51 Å². The molecule has 4 rings (SSSR count). The van der Waals surface area contributed by atoms with Crippen LogP contribution in [0.2, 0.25) is 0 Å². The highest BCUT2D eigenvalue weighted by Gasteiger charge is 2.44.